The quantitative estimate of drug-likeness (QED) is 0.346. The largest absolute Gasteiger partial charge is 0.493 e. The molecule has 9 nitrogen and oxygen atoms in total. The van der Waals surface area contributed by atoms with E-state index in [1.807, 2.05) is 31.2 Å². The zero-order valence-electron chi connectivity index (χ0n) is 21.6. The van der Waals surface area contributed by atoms with Crippen LogP contribution in [-0.2, 0) is 0 Å². The predicted molar refractivity (Wildman–Crippen MR) is 144 cm³/mol. The highest BCUT2D eigenvalue weighted by Gasteiger charge is 2.25. The van der Waals surface area contributed by atoms with Crippen LogP contribution in [-0.4, -0.2) is 66.1 Å². The van der Waals surface area contributed by atoms with Crippen molar-refractivity contribution in [2.45, 2.75) is 45.1 Å². The molecular formula is C28H35N5O4. The van der Waals surface area contributed by atoms with Crippen LogP contribution >= 0.6 is 0 Å². The van der Waals surface area contributed by atoms with Gasteiger partial charge in [0, 0.05) is 18.0 Å². The number of pyridine rings is 1. The van der Waals surface area contributed by atoms with Crippen molar-refractivity contribution in [3.05, 3.63) is 40.4 Å². The highest BCUT2D eigenvalue weighted by molar-refractivity contribution is 6.09. The van der Waals surface area contributed by atoms with Crippen LogP contribution in [0.4, 0.5) is 0 Å². The van der Waals surface area contributed by atoms with Crippen molar-refractivity contribution < 1.29 is 13.9 Å². The summed E-state index contributed by atoms with van der Waals surface area (Å²) in [6.07, 6.45) is 5.33. The van der Waals surface area contributed by atoms with E-state index in [0.717, 1.165) is 61.1 Å². The summed E-state index contributed by atoms with van der Waals surface area (Å²) in [6.45, 7) is 7.69. The number of aryl methyl sites for hydroxylation is 1. The van der Waals surface area contributed by atoms with E-state index < -0.39 is 0 Å². The maximum absolute atomic E-state index is 13.7. The zero-order chi connectivity index (χ0) is 25.4. The van der Waals surface area contributed by atoms with E-state index in [1.54, 1.807) is 11.8 Å². The molecular weight excluding hydrogens is 470 g/mol. The molecule has 0 atom stereocenters. The fraction of sp³-hybridized carbons (Fsp3) is 0.500. The third-order valence-electron chi connectivity index (χ3n) is 7.66. The summed E-state index contributed by atoms with van der Waals surface area (Å²) in [6, 6.07) is 7.74. The van der Waals surface area contributed by atoms with Crippen LogP contribution in [0, 0.1) is 6.92 Å². The number of aromatic amines is 1. The number of furan rings is 1. The molecule has 2 saturated heterocycles. The second kappa shape index (κ2) is 10.2. The highest BCUT2D eigenvalue weighted by Crippen LogP contribution is 2.37. The lowest BCUT2D eigenvalue weighted by molar-refractivity contribution is 0.254. The molecule has 2 fully saturated rings. The van der Waals surface area contributed by atoms with E-state index in [4.69, 9.17) is 18.9 Å². The minimum absolute atomic E-state index is 0.0680. The molecule has 4 aromatic rings. The van der Waals surface area contributed by atoms with Crippen molar-refractivity contribution in [1.82, 2.24) is 25.0 Å². The smallest absolute Gasteiger partial charge is 0.277 e. The number of methoxy groups -OCH3 is 1. The Kier molecular flexibility index (Phi) is 6.65. The van der Waals surface area contributed by atoms with Crippen LogP contribution in [0.2, 0.25) is 0 Å². The van der Waals surface area contributed by atoms with Gasteiger partial charge in [-0.25, -0.2) is 9.67 Å². The average molecular weight is 506 g/mol. The van der Waals surface area contributed by atoms with E-state index >= 15 is 0 Å². The Bertz CT molecular complexity index is 1460. The second-order valence-corrected chi connectivity index (χ2v) is 10.2. The molecule has 5 heterocycles. The maximum Gasteiger partial charge on any atom is 0.277 e. The lowest BCUT2D eigenvalue weighted by atomic mass is 10.1. The molecule has 9 heteroatoms. The molecule has 0 aliphatic carbocycles. The molecule has 0 radical (unpaired) electrons. The molecule has 1 aromatic carbocycles. The molecule has 3 aromatic heterocycles. The van der Waals surface area contributed by atoms with Crippen molar-refractivity contribution >= 4 is 21.8 Å². The summed E-state index contributed by atoms with van der Waals surface area (Å²) in [5.74, 6) is 2.65. The third kappa shape index (κ3) is 4.62. The van der Waals surface area contributed by atoms with E-state index in [9.17, 15) is 4.79 Å². The Morgan fingerprint density at radius 2 is 1.95 bits per heavy atom. The molecule has 0 unspecified atom stereocenters. The number of piperidine rings is 1. The van der Waals surface area contributed by atoms with Gasteiger partial charge in [-0.2, -0.15) is 0 Å². The Hall–Kier alpha value is -3.30. The molecule has 196 valence electrons. The van der Waals surface area contributed by atoms with Crippen molar-refractivity contribution in [1.29, 1.82) is 0 Å². The number of benzene rings is 1. The average Bonchev–Trinajstić information content (AvgIpc) is 3.67. The first-order valence-corrected chi connectivity index (χ1v) is 13.4. The third-order valence-corrected chi connectivity index (χ3v) is 7.66. The number of hydrogen-bond donors (Lipinski definition) is 2. The summed E-state index contributed by atoms with van der Waals surface area (Å²) in [4.78, 5) is 21.2. The predicted octanol–water partition coefficient (Wildman–Crippen LogP) is 4.24. The lowest BCUT2D eigenvalue weighted by Crippen LogP contribution is -2.33. The zero-order valence-corrected chi connectivity index (χ0v) is 21.6. The monoisotopic (exact) mass is 505 g/mol. The number of ether oxygens (including phenoxy) is 2. The number of aromatic nitrogens is 3. The number of hydrogen-bond acceptors (Lipinski definition) is 7. The summed E-state index contributed by atoms with van der Waals surface area (Å²) in [5.41, 5.74) is 1.96. The molecule has 0 amide bonds. The van der Waals surface area contributed by atoms with E-state index in [0.29, 0.717) is 34.9 Å². The SMILES string of the molecule is COc1cc2c(cc1OCCCN1CCCC1)nc(-c1ccc(C)o1)c1c(=O)n(C3CCNCC3)[nH]c12. The molecule has 0 spiro atoms. The fourth-order valence-corrected chi connectivity index (χ4v) is 5.70. The number of likely N-dealkylation sites (tertiary alicyclic amines) is 1. The van der Waals surface area contributed by atoms with Gasteiger partial charge in [0.25, 0.3) is 5.56 Å². The summed E-state index contributed by atoms with van der Waals surface area (Å²) in [5, 5.41) is 8.19. The van der Waals surface area contributed by atoms with E-state index in [1.165, 1.54) is 25.9 Å². The molecule has 2 aliphatic rings. The van der Waals surface area contributed by atoms with Gasteiger partial charge in [0.1, 0.15) is 11.5 Å². The van der Waals surface area contributed by atoms with Gasteiger partial charge in [0.15, 0.2) is 17.3 Å². The summed E-state index contributed by atoms with van der Waals surface area (Å²) >= 11 is 0. The number of nitrogens with one attached hydrogen (secondary N) is 2. The number of fused-ring (bicyclic) bond motifs is 3. The van der Waals surface area contributed by atoms with E-state index in [-0.39, 0.29) is 11.6 Å². The second-order valence-electron chi connectivity index (χ2n) is 10.2. The molecule has 37 heavy (non-hydrogen) atoms. The van der Waals surface area contributed by atoms with Gasteiger partial charge in [-0.3, -0.25) is 9.89 Å². The van der Waals surface area contributed by atoms with Gasteiger partial charge in [0.2, 0.25) is 0 Å². The molecule has 2 N–H and O–H groups in total. The van der Waals surface area contributed by atoms with Crippen LogP contribution in [0.5, 0.6) is 11.5 Å². The fourth-order valence-electron chi connectivity index (χ4n) is 5.70. The minimum atomic E-state index is -0.0680. The van der Waals surface area contributed by atoms with Crippen LogP contribution < -0.4 is 20.3 Å². The normalized spacial score (nSPS) is 17.2. The number of rotatable bonds is 8. The van der Waals surface area contributed by atoms with Crippen molar-refractivity contribution in [2.75, 3.05) is 46.4 Å². The van der Waals surface area contributed by atoms with Crippen LogP contribution in [0.25, 0.3) is 33.3 Å². The van der Waals surface area contributed by atoms with Crippen molar-refractivity contribution in [3.8, 4) is 23.0 Å². The maximum atomic E-state index is 13.7. The van der Waals surface area contributed by atoms with Crippen LogP contribution in [0.3, 0.4) is 0 Å². The van der Waals surface area contributed by atoms with Gasteiger partial charge in [-0.15, -0.1) is 0 Å². The Balaban J connectivity index is 1.43. The van der Waals surface area contributed by atoms with Gasteiger partial charge in [0.05, 0.1) is 36.2 Å². The first-order valence-electron chi connectivity index (χ1n) is 13.4. The number of nitrogens with zero attached hydrogens (tertiary/aromatic N) is 3. The minimum Gasteiger partial charge on any atom is -0.493 e. The van der Waals surface area contributed by atoms with Gasteiger partial charge >= 0.3 is 0 Å². The van der Waals surface area contributed by atoms with Crippen LogP contribution in [0.15, 0.2) is 33.5 Å². The standard InChI is InChI=1S/C28H35N5O4/c1-18-6-7-22(37-18)27-25-26(31-33(28(25)34)19-8-10-29-11-9-19)20-16-23(35-2)24(17-21(20)30-27)36-15-5-14-32-12-3-4-13-32/h6-7,16-17,19,29,31H,3-5,8-15H2,1-2H3. The summed E-state index contributed by atoms with van der Waals surface area (Å²) < 4.78 is 19.6. The van der Waals surface area contributed by atoms with Gasteiger partial charge < -0.3 is 24.1 Å². The Morgan fingerprint density at radius 1 is 1.14 bits per heavy atom. The lowest BCUT2D eigenvalue weighted by Gasteiger charge is -2.22. The molecule has 2 aliphatic heterocycles. The molecule has 0 bridgehead atoms. The van der Waals surface area contributed by atoms with Crippen molar-refractivity contribution in [3.63, 3.8) is 0 Å². The molecule has 0 saturated carbocycles. The Morgan fingerprint density at radius 3 is 2.68 bits per heavy atom. The van der Waals surface area contributed by atoms with E-state index in [2.05, 4.69) is 15.3 Å². The summed E-state index contributed by atoms with van der Waals surface area (Å²) in [7, 11) is 1.64. The highest BCUT2D eigenvalue weighted by atomic mass is 16.5. The topological polar surface area (TPSA) is 97.6 Å². The van der Waals surface area contributed by atoms with Gasteiger partial charge in [-0.05, 0) is 83.4 Å². The van der Waals surface area contributed by atoms with Crippen molar-refractivity contribution in [2.24, 2.45) is 0 Å². The first kappa shape index (κ1) is 24.1. The van der Waals surface area contributed by atoms with Gasteiger partial charge in [-0.1, -0.05) is 0 Å². The number of H-pyrrole nitrogens is 1. The van der Waals surface area contributed by atoms with Crippen LogP contribution in [0.1, 0.15) is 43.9 Å². The first-order chi connectivity index (χ1) is 18.1. The Labute approximate surface area is 215 Å². The molecule has 6 rings (SSSR count).